The predicted octanol–water partition coefficient (Wildman–Crippen LogP) is 4.65. The lowest BCUT2D eigenvalue weighted by Crippen LogP contribution is -2.16. The number of sulfonamides is 1. The van der Waals surface area contributed by atoms with E-state index in [2.05, 4.69) is 4.98 Å². The molecule has 0 bridgehead atoms. The van der Waals surface area contributed by atoms with Crippen molar-refractivity contribution in [2.45, 2.75) is 4.90 Å². The number of pyridine rings is 1. The van der Waals surface area contributed by atoms with Gasteiger partial charge in [-0.2, -0.15) is 0 Å². The lowest BCUT2D eigenvalue weighted by atomic mass is 9.99. The molecule has 26 heavy (non-hydrogen) atoms. The highest BCUT2D eigenvalue weighted by atomic mass is 35.5. The molecule has 0 unspecified atom stereocenters. The lowest BCUT2D eigenvalue weighted by molar-refractivity contribution is 0.520. The maximum atomic E-state index is 14.2. The van der Waals surface area contributed by atoms with Crippen LogP contribution in [0.3, 0.4) is 0 Å². The number of nitrogens with two attached hydrogens (primary N) is 1. The maximum Gasteiger partial charge on any atom is 0.243 e. The fraction of sp³-hybridized carbons (Fsp3) is 0. The van der Waals surface area contributed by atoms with Crippen LogP contribution < -0.4 is 5.14 Å². The third kappa shape index (κ3) is 3.57. The highest BCUT2D eigenvalue weighted by Gasteiger charge is 2.22. The monoisotopic (exact) mass is 414 g/mol. The summed E-state index contributed by atoms with van der Waals surface area (Å²) >= 11 is 11.9. The van der Waals surface area contributed by atoms with E-state index in [1.807, 2.05) is 0 Å². The van der Waals surface area contributed by atoms with Gasteiger partial charge in [-0.3, -0.25) is 4.98 Å². The first-order chi connectivity index (χ1) is 12.2. The van der Waals surface area contributed by atoms with Crippen molar-refractivity contribution in [3.05, 3.63) is 70.3 Å². The number of aromatic nitrogens is 1. The molecular weight excluding hydrogens is 405 g/mol. The van der Waals surface area contributed by atoms with Crippen molar-refractivity contribution >= 4 is 33.2 Å². The Morgan fingerprint density at radius 3 is 2.15 bits per heavy atom. The van der Waals surface area contributed by atoms with Gasteiger partial charge in [0.15, 0.2) is 4.90 Å². The second-order valence-corrected chi connectivity index (χ2v) is 7.66. The zero-order valence-corrected chi connectivity index (χ0v) is 15.2. The topological polar surface area (TPSA) is 73.1 Å². The van der Waals surface area contributed by atoms with Gasteiger partial charge in [0.1, 0.15) is 11.6 Å². The molecule has 0 aliphatic carbocycles. The Morgan fingerprint density at radius 1 is 0.923 bits per heavy atom. The van der Waals surface area contributed by atoms with E-state index in [0.717, 1.165) is 12.1 Å². The standard InChI is InChI=1S/C17H10Cl2F2N2O2S/c18-12-4-3-9(6-13(12)19)16-11(2-1-5-23-16)10-7-14(20)17(15(21)8-10)26(22,24)25/h1-8H,(H2,22,24,25). The van der Waals surface area contributed by atoms with Gasteiger partial charge in [-0.1, -0.05) is 35.3 Å². The Kier molecular flexibility index (Phi) is 4.98. The Labute approximate surface area is 158 Å². The van der Waals surface area contributed by atoms with Gasteiger partial charge in [-0.25, -0.2) is 22.3 Å². The van der Waals surface area contributed by atoms with Gasteiger partial charge in [0, 0.05) is 17.3 Å². The average Bonchev–Trinajstić information content (AvgIpc) is 2.55. The minimum Gasteiger partial charge on any atom is -0.256 e. The van der Waals surface area contributed by atoms with E-state index in [1.54, 1.807) is 30.3 Å². The molecule has 9 heteroatoms. The molecule has 0 atom stereocenters. The average molecular weight is 415 g/mol. The molecule has 3 rings (SSSR count). The summed E-state index contributed by atoms with van der Waals surface area (Å²) in [4.78, 5) is 3.06. The molecule has 0 aliphatic rings. The molecule has 134 valence electrons. The van der Waals surface area contributed by atoms with Crippen molar-refractivity contribution in [1.29, 1.82) is 0 Å². The normalized spacial score (nSPS) is 11.6. The molecular formula is C17H10Cl2F2N2O2S. The first-order valence-corrected chi connectivity index (χ1v) is 9.41. The van der Waals surface area contributed by atoms with Crippen LogP contribution in [0.1, 0.15) is 0 Å². The molecule has 0 saturated carbocycles. The lowest BCUT2D eigenvalue weighted by Gasteiger charge is -2.11. The van der Waals surface area contributed by atoms with E-state index in [9.17, 15) is 17.2 Å². The number of hydrogen-bond donors (Lipinski definition) is 1. The van der Waals surface area contributed by atoms with Gasteiger partial charge in [0.25, 0.3) is 0 Å². The van der Waals surface area contributed by atoms with Crippen LogP contribution in [0.5, 0.6) is 0 Å². The van der Waals surface area contributed by atoms with Crippen molar-refractivity contribution in [2.75, 3.05) is 0 Å². The van der Waals surface area contributed by atoms with Crippen LogP contribution in [0.2, 0.25) is 10.0 Å². The van der Waals surface area contributed by atoms with Gasteiger partial charge < -0.3 is 0 Å². The largest absolute Gasteiger partial charge is 0.256 e. The molecule has 2 aromatic carbocycles. The van der Waals surface area contributed by atoms with Crippen LogP contribution in [0, 0.1) is 11.6 Å². The van der Waals surface area contributed by atoms with Crippen LogP contribution in [0.25, 0.3) is 22.4 Å². The van der Waals surface area contributed by atoms with Crippen LogP contribution in [0.4, 0.5) is 8.78 Å². The summed E-state index contributed by atoms with van der Waals surface area (Å²) in [7, 11) is -4.53. The third-order valence-corrected chi connectivity index (χ3v) is 5.29. The van der Waals surface area contributed by atoms with Gasteiger partial charge in [-0.05, 0) is 35.9 Å². The van der Waals surface area contributed by atoms with E-state index in [4.69, 9.17) is 28.3 Å². The molecule has 0 aliphatic heterocycles. The number of primary sulfonamides is 1. The van der Waals surface area contributed by atoms with Crippen molar-refractivity contribution < 1.29 is 17.2 Å². The number of nitrogens with zero attached hydrogens (tertiary/aromatic N) is 1. The molecule has 0 radical (unpaired) electrons. The van der Waals surface area contributed by atoms with E-state index in [1.165, 1.54) is 6.20 Å². The van der Waals surface area contributed by atoms with Crippen LogP contribution in [0.15, 0.2) is 53.6 Å². The Balaban J connectivity index is 2.22. The highest BCUT2D eigenvalue weighted by molar-refractivity contribution is 7.89. The van der Waals surface area contributed by atoms with Gasteiger partial charge in [0.2, 0.25) is 10.0 Å². The third-order valence-electron chi connectivity index (χ3n) is 3.59. The van der Waals surface area contributed by atoms with Crippen molar-refractivity contribution in [3.8, 4) is 22.4 Å². The summed E-state index contributed by atoms with van der Waals surface area (Å²) in [5, 5.41) is 5.50. The minimum atomic E-state index is -4.53. The fourth-order valence-electron chi connectivity index (χ4n) is 2.50. The number of halogens is 4. The Hall–Kier alpha value is -2.06. The first-order valence-electron chi connectivity index (χ1n) is 7.11. The molecule has 2 N–H and O–H groups in total. The highest BCUT2D eigenvalue weighted by Crippen LogP contribution is 2.35. The molecule has 0 amide bonds. The summed E-state index contributed by atoms with van der Waals surface area (Å²) in [6.45, 7) is 0. The molecule has 0 spiro atoms. The molecule has 4 nitrogen and oxygen atoms in total. The van der Waals surface area contributed by atoms with E-state index in [0.29, 0.717) is 26.9 Å². The SMILES string of the molecule is NS(=O)(=O)c1c(F)cc(-c2cccnc2-c2ccc(Cl)c(Cl)c2)cc1F. The Bertz CT molecular complexity index is 1100. The van der Waals surface area contributed by atoms with Crippen molar-refractivity contribution in [3.63, 3.8) is 0 Å². The van der Waals surface area contributed by atoms with E-state index < -0.39 is 26.6 Å². The predicted molar refractivity (Wildman–Crippen MR) is 96.4 cm³/mol. The number of benzene rings is 2. The summed E-state index contributed by atoms with van der Waals surface area (Å²) in [6.07, 6.45) is 1.51. The number of rotatable bonds is 3. The first kappa shape index (κ1) is 18.7. The molecule has 3 aromatic rings. The summed E-state index contributed by atoms with van der Waals surface area (Å²) in [5.74, 6) is -2.57. The zero-order valence-electron chi connectivity index (χ0n) is 12.9. The van der Waals surface area contributed by atoms with Gasteiger partial charge >= 0.3 is 0 Å². The molecule has 1 aromatic heterocycles. The summed E-state index contributed by atoms with van der Waals surface area (Å²) in [6, 6.07) is 9.76. The van der Waals surface area contributed by atoms with Crippen LogP contribution in [-0.4, -0.2) is 13.4 Å². The van der Waals surface area contributed by atoms with Gasteiger partial charge in [0.05, 0.1) is 15.7 Å². The summed E-state index contributed by atoms with van der Waals surface area (Å²) in [5.41, 5.74) is 1.45. The summed E-state index contributed by atoms with van der Waals surface area (Å²) < 4.78 is 51.0. The zero-order chi connectivity index (χ0) is 19.1. The minimum absolute atomic E-state index is 0.0987. The van der Waals surface area contributed by atoms with Crippen LogP contribution >= 0.6 is 23.2 Å². The van der Waals surface area contributed by atoms with Crippen LogP contribution in [-0.2, 0) is 10.0 Å². The number of hydrogen-bond acceptors (Lipinski definition) is 3. The quantitative estimate of drug-likeness (QED) is 0.677. The second-order valence-electron chi connectivity index (χ2n) is 5.34. The van der Waals surface area contributed by atoms with Crippen molar-refractivity contribution in [2.24, 2.45) is 5.14 Å². The van der Waals surface area contributed by atoms with E-state index in [-0.39, 0.29) is 5.56 Å². The van der Waals surface area contributed by atoms with Crippen molar-refractivity contribution in [1.82, 2.24) is 4.98 Å². The molecule has 0 saturated heterocycles. The fourth-order valence-corrected chi connectivity index (χ4v) is 3.46. The molecule has 1 heterocycles. The molecule has 0 fully saturated rings. The second kappa shape index (κ2) is 6.92. The Morgan fingerprint density at radius 2 is 1.58 bits per heavy atom. The maximum absolute atomic E-state index is 14.2. The smallest absolute Gasteiger partial charge is 0.243 e. The van der Waals surface area contributed by atoms with E-state index >= 15 is 0 Å². The van der Waals surface area contributed by atoms with Gasteiger partial charge in [-0.15, -0.1) is 0 Å².